The Morgan fingerprint density at radius 3 is 2.44 bits per heavy atom. The van der Waals surface area contributed by atoms with Gasteiger partial charge in [0.1, 0.15) is 5.76 Å². The van der Waals surface area contributed by atoms with Gasteiger partial charge in [-0.1, -0.05) is 38.1 Å². The third-order valence-corrected chi connectivity index (χ3v) is 4.49. The Bertz CT molecular complexity index is 808. The number of benzene rings is 1. The number of ketones is 1. The summed E-state index contributed by atoms with van der Waals surface area (Å²) in [7, 11) is 0. The van der Waals surface area contributed by atoms with E-state index < -0.39 is 17.5 Å². The Balaban J connectivity index is 1.77. The first-order valence-corrected chi connectivity index (χ1v) is 8.14. The summed E-state index contributed by atoms with van der Waals surface area (Å²) in [6.45, 7) is 5.40. The van der Waals surface area contributed by atoms with Crippen molar-refractivity contribution in [1.82, 2.24) is 10.2 Å². The van der Waals surface area contributed by atoms with E-state index in [1.807, 2.05) is 12.1 Å². The highest BCUT2D eigenvalue weighted by atomic mass is 16.3. The molecular weight excluding hydrogens is 320 g/mol. The van der Waals surface area contributed by atoms with E-state index in [0.29, 0.717) is 17.2 Å². The predicted octanol–water partition coefficient (Wildman–Crippen LogP) is 3.05. The van der Waals surface area contributed by atoms with Gasteiger partial charge < -0.3 is 9.73 Å². The predicted molar refractivity (Wildman–Crippen MR) is 91.2 cm³/mol. The van der Waals surface area contributed by atoms with E-state index >= 15 is 0 Å². The van der Waals surface area contributed by atoms with E-state index in [9.17, 15) is 14.4 Å². The SMILES string of the molecule is CC(C)c1ccc(C(=O)CN2C(=O)NC(C)(c3ccco3)C2=O)cc1. The molecule has 130 valence electrons. The molecule has 25 heavy (non-hydrogen) atoms. The van der Waals surface area contributed by atoms with Gasteiger partial charge in [0.15, 0.2) is 11.3 Å². The molecule has 2 heterocycles. The van der Waals surface area contributed by atoms with Crippen LogP contribution in [0, 0.1) is 0 Å². The zero-order valence-electron chi connectivity index (χ0n) is 14.4. The highest BCUT2D eigenvalue weighted by Gasteiger charge is 2.51. The molecule has 3 amide bonds. The van der Waals surface area contributed by atoms with Gasteiger partial charge in [-0.3, -0.25) is 14.5 Å². The molecule has 1 aromatic heterocycles. The average molecular weight is 340 g/mol. The Hall–Kier alpha value is -2.89. The first-order chi connectivity index (χ1) is 11.8. The van der Waals surface area contributed by atoms with Crippen molar-refractivity contribution in [3.05, 3.63) is 59.5 Å². The molecule has 0 radical (unpaired) electrons. The Morgan fingerprint density at radius 2 is 1.88 bits per heavy atom. The third kappa shape index (κ3) is 2.95. The van der Waals surface area contributed by atoms with Crippen LogP contribution in [0.2, 0.25) is 0 Å². The molecule has 1 saturated heterocycles. The summed E-state index contributed by atoms with van der Waals surface area (Å²) in [4.78, 5) is 38.3. The van der Waals surface area contributed by atoms with Crippen LogP contribution >= 0.6 is 0 Å². The lowest BCUT2D eigenvalue weighted by atomic mass is 9.98. The molecular formula is C19H20N2O4. The monoisotopic (exact) mass is 340 g/mol. The van der Waals surface area contributed by atoms with Crippen LogP contribution in [0.1, 0.15) is 48.4 Å². The molecule has 1 unspecified atom stereocenters. The number of imide groups is 1. The Labute approximate surface area is 145 Å². The summed E-state index contributed by atoms with van der Waals surface area (Å²) >= 11 is 0. The summed E-state index contributed by atoms with van der Waals surface area (Å²) in [6.07, 6.45) is 1.43. The Kier molecular flexibility index (Phi) is 4.20. The number of nitrogens with zero attached hydrogens (tertiary/aromatic N) is 1. The number of hydrogen-bond donors (Lipinski definition) is 1. The van der Waals surface area contributed by atoms with Gasteiger partial charge >= 0.3 is 6.03 Å². The van der Waals surface area contributed by atoms with Crippen molar-refractivity contribution in [2.45, 2.75) is 32.2 Å². The highest BCUT2D eigenvalue weighted by Crippen LogP contribution is 2.29. The van der Waals surface area contributed by atoms with Crippen molar-refractivity contribution in [2.24, 2.45) is 0 Å². The second-order valence-electron chi connectivity index (χ2n) is 6.62. The van der Waals surface area contributed by atoms with Gasteiger partial charge in [-0.15, -0.1) is 0 Å². The number of amides is 3. The maximum atomic E-state index is 12.7. The lowest BCUT2D eigenvalue weighted by Crippen LogP contribution is -2.41. The smallest absolute Gasteiger partial charge is 0.325 e. The quantitative estimate of drug-likeness (QED) is 0.670. The van der Waals surface area contributed by atoms with Gasteiger partial charge in [-0.25, -0.2) is 4.79 Å². The summed E-state index contributed by atoms with van der Waals surface area (Å²) in [5.74, 6) is -0.0896. The molecule has 1 N–H and O–H groups in total. The lowest BCUT2D eigenvalue weighted by molar-refractivity contribution is -0.131. The van der Waals surface area contributed by atoms with E-state index in [4.69, 9.17) is 4.42 Å². The van der Waals surface area contributed by atoms with E-state index in [-0.39, 0.29) is 12.3 Å². The van der Waals surface area contributed by atoms with Crippen molar-refractivity contribution in [1.29, 1.82) is 0 Å². The molecule has 0 bridgehead atoms. The molecule has 0 saturated carbocycles. The molecule has 1 fully saturated rings. The van der Waals surface area contributed by atoms with Gasteiger partial charge in [0.2, 0.25) is 0 Å². The molecule has 0 aliphatic carbocycles. The number of nitrogens with one attached hydrogen (secondary N) is 1. The average Bonchev–Trinajstić information content (AvgIpc) is 3.19. The molecule has 3 rings (SSSR count). The summed E-state index contributed by atoms with van der Waals surface area (Å²) in [5.41, 5.74) is 0.302. The van der Waals surface area contributed by atoms with Crippen LogP contribution in [-0.4, -0.2) is 29.2 Å². The van der Waals surface area contributed by atoms with Gasteiger partial charge in [0, 0.05) is 5.56 Å². The lowest BCUT2D eigenvalue weighted by Gasteiger charge is -2.18. The standard InChI is InChI=1S/C19H20N2O4/c1-12(2)13-6-8-14(9-7-13)15(22)11-21-17(23)19(3,20-18(21)24)16-5-4-10-25-16/h4-10,12H,11H2,1-3H3,(H,20,24). The molecule has 2 aromatic rings. The van der Waals surface area contributed by atoms with Crippen LogP contribution in [0.25, 0.3) is 0 Å². The van der Waals surface area contributed by atoms with Crippen LogP contribution in [0.15, 0.2) is 47.1 Å². The number of furan rings is 1. The van der Waals surface area contributed by atoms with Crippen molar-refractivity contribution in [3.63, 3.8) is 0 Å². The van der Waals surface area contributed by atoms with Crippen LogP contribution in [0.5, 0.6) is 0 Å². The number of Topliss-reactive ketones (excluding diaryl/α,β-unsaturated/α-hetero) is 1. The largest absolute Gasteiger partial charge is 0.466 e. The van der Waals surface area contributed by atoms with Crippen LogP contribution < -0.4 is 5.32 Å². The highest BCUT2D eigenvalue weighted by molar-refractivity contribution is 6.11. The fraction of sp³-hybridized carbons (Fsp3) is 0.316. The summed E-state index contributed by atoms with van der Waals surface area (Å²) in [5, 5.41) is 2.60. The molecule has 1 aromatic carbocycles. The molecule has 6 heteroatoms. The second kappa shape index (κ2) is 6.20. The minimum absolute atomic E-state index is 0.289. The van der Waals surface area contributed by atoms with Crippen molar-refractivity contribution >= 4 is 17.7 Å². The van der Waals surface area contributed by atoms with Crippen LogP contribution in [0.4, 0.5) is 4.79 Å². The number of carbonyl (C=O) groups is 3. The van der Waals surface area contributed by atoms with Crippen molar-refractivity contribution in [3.8, 4) is 0 Å². The first kappa shape index (κ1) is 17.0. The van der Waals surface area contributed by atoms with Gasteiger partial charge in [0.25, 0.3) is 5.91 Å². The minimum atomic E-state index is -1.29. The zero-order chi connectivity index (χ0) is 18.2. The molecule has 1 aliphatic heterocycles. The number of hydrogen-bond acceptors (Lipinski definition) is 4. The zero-order valence-corrected chi connectivity index (χ0v) is 14.4. The van der Waals surface area contributed by atoms with Crippen LogP contribution in [0.3, 0.4) is 0 Å². The normalized spacial score (nSPS) is 20.2. The Morgan fingerprint density at radius 1 is 1.20 bits per heavy atom. The number of carbonyl (C=O) groups excluding carboxylic acids is 3. The van der Waals surface area contributed by atoms with E-state index in [1.54, 1.807) is 31.2 Å². The molecule has 1 aliphatic rings. The van der Waals surface area contributed by atoms with Crippen molar-refractivity contribution in [2.75, 3.05) is 6.54 Å². The number of urea groups is 1. The van der Waals surface area contributed by atoms with E-state index in [1.165, 1.54) is 6.26 Å². The van der Waals surface area contributed by atoms with Gasteiger partial charge in [0.05, 0.1) is 12.8 Å². The maximum absolute atomic E-state index is 12.7. The fourth-order valence-corrected chi connectivity index (χ4v) is 2.86. The first-order valence-electron chi connectivity index (χ1n) is 8.14. The van der Waals surface area contributed by atoms with E-state index in [0.717, 1.165) is 10.5 Å². The minimum Gasteiger partial charge on any atom is -0.466 e. The molecule has 6 nitrogen and oxygen atoms in total. The van der Waals surface area contributed by atoms with Gasteiger partial charge in [-0.05, 0) is 30.5 Å². The topological polar surface area (TPSA) is 79.6 Å². The molecule has 0 spiro atoms. The number of rotatable bonds is 5. The fourth-order valence-electron chi connectivity index (χ4n) is 2.86. The summed E-state index contributed by atoms with van der Waals surface area (Å²) in [6, 6.07) is 9.88. The van der Waals surface area contributed by atoms with E-state index in [2.05, 4.69) is 19.2 Å². The van der Waals surface area contributed by atoms with Crippen LogP contribution in [-0.2, 0) is 10.3 Å². The molecule has 1 atom stereocenters. The maximum Gasteiger partial charge on any atom is 0.325 e. The second-order valence-corrected chi connectivity index (χ2v) is 6.62. The third-order valence-electron chi connectivity index (χ3n) is 4.49. The summed E-state index contributed by atoms with van der Waals surface area (Å²) < 4.78 is 5.27. The van der Waals surface area contributed by atoms with Crippen molar-refractivity contribution < 1.29 is 18.8 Å². The van der Waals surface area contributed by atoms with Gasteiger partial charge in [-0.2, -0.15) is 0 Å².